The molecular formula is C21H26ClNO4. The highest BCUT2D eigenvalue weighted by Crippen LogP contribution is 2.22. The number of benzene rings is 2. The number of aliphatic carboxylic acids is 1. The van der Waals surface area contributed by atoms with Gasteiger partial charge in [-0.15, -0.1) is 0 Å². The lowest BCUT2D eigenvalue weighted by molar-refractivity contribution is -0.141. The van der Waals surface area contributed by atoms with Gasteiger partial charge in [0.05, 0.1) is 18.6 Å². The summed E-state index contributed by atoms with van der Waals surface area (Å²) in [5, 5.41) is 12.3. The van der Waals surface area contributed by atoms with Crippen LogP contribution in [0.4, 0.5) is 0 Å². The van der Waals surface area contributed by atoms with E-state index in [2.05, 4.69) is 5.32 Å². The lowest BCUT2D eigenvalue weighted by atomic mass is 10.00. The van der Waals surface area contributed by atoms with E-state index in [9.17, 15) is 9.59 Å². The van der Waals surface area contributed by atoms with Crippen molar-refractivity contribution < 1.29 is 19.4 Å². The van der Waals surface area contributed by atoms with Crippen molar-refractivity contribution in [2.24, 2.45) is 5.92 Å². The Bertz CT molecular complexity index is 774. The average Bonchev–Trinajstić information content (AvgIpc) is 2.62. The molecule has 0 aliphatic carbocycles. The summed E-state index contributed by atoms with van der Waals surface area (Å²) < 4.78 is 5.19. The minimum atomic E-state index is -0.798. The summed E-state index contributed by atoms with van der Waals surface area (Å²) >= 11 is 5.95. The summed E-state index contributed by atoms with van der Waals surface area (Å²) in [5.41, 5.74) is 2.45. The lowest BCUT2D eigenvalue weighted by Crippen LogP contribution is -2.26. The molecule has 0 fully saturated rings. The predicted octanol–water partition coefficient (Wildman–Crippen LogP) is 4.22. The zero-order chi connectivity index (χ0) is 19.1. The molecule has 0 spiro atoms. The van der Waals surface area contributed by atoms with Crippen LogP contribution in [-0.2, 0) is 17.6 Å². The summed E-state index contributed by atoms with van der Waals surface area (Å²) in [4.78, 5) is 23.2. The van der Waals surface area contributed by atoms with Gasteiger partial charge in [0.15, 0.2) is 0 Å². The van der Waals surface area contributed by atoms with E-state index in [1.54, 1.807) is 25.1 Å². The van der Waals surface area contributed by atoms with Crippen LogP contribution in [0.25, 0.3) is 0 Å². The Kier molecular flexibility index (Phi) is 8.82. The molecule has 1 unspecified atom stereocenters. The molecule has 5 nitrogen and oxygen atoms in total. The number of hydrogen-bond donors (Lipinski definition) is 2. The molecule has 2 aromatic carbocycles. The maximum Gasteiger partial charge on any atom is 0.306 e. The second kappa shape index (κ2) is 10.6. The fraction of sp³-hybridized carbons (Fsp3) is 0.333. The number of hydrogen-bond acceptors (Lipinski definition) is 3. The molecule has 0 aliphatic heterocycles. The Morgan fingerprint density at radius 2 is 1.78 bits per heavy atom. The van der Waals surface area contributed by atoms with E-state index in [1.165, 1.54) is 7.11 Å². The number of carbonyl (C=O) groups is 2. The number of ether oxygens (including phenoxy) is 1. The second-order valence-corrected chi connectivity index (χ2v) is 6.55. The highest BCUT2D eigenvalue weighted by Gasteiger charge is 2.13. The Labute approximate surface area is 165 Å². The molecule has 0 radical (unpaired) electrons. The van der Waals surface area contributed by atoms with Crippen LogP contribution >= 0.6 is 11.6 Å². The smallest absolute Gasteiger partial charge is 0.306 e. The summed E-state index contributed by atoms with van der Waals surface area (Å²) in [5.74, 6) is -0.971. The van der Waals surface area contributed by atoms with Crippen molar-refractivity contribution in [1.82, 2.24) is 5.32 Å². The van der Waals surface area contributed by atoms with E-state index in [-0.39, 0.29) is 13.3 Å². The fourth-order valence-corrected chi connectivity index (χ4v) is 2.73. The van der Waals surface area contributed by atoms with Gasteiger partial charge in [-0.3, -0.25) is 9.59 Å². The zero-order valence-electron chi connectivity index (χ0n) is 14.8. The molecule has 2 N–H and O–H groups in total. The van der Waals surface area contributed by atoms with Gasteiger partial charge >= 0.3 is 5.97 Å². The van der Waals surface area contributed by atoms with Gasteiger partial charge in [-0.05, 0) is 42.2 Å². The molecule has 27 heavy (non-hydrogen) atoms. The predicted molar refractivity (Wildman–Crippen MR) is 108 cm³/mol. The number of methoxy groups -OCH3 is 1. The largest absolute Gasteiger partial charge is 0.496 e. The summed E-state index contributed by atoms with van der Waals surface area (Å²) in [6.45, 7) is 2.16. The van der Waals surface area contributed by atoms with Gasteiger partial charge in [-0.25, -0.2) is 0 Å². The molecular weight excluding hydrogens is 366 g/mol. The first-order valence-electron chi connectivity index (χ1n) is 8.33. The third-order valence-electron chi connectivity index (χ3n) is 4.09. The first-order valence-corrected chi connectivity index (χ1v) is 8.71. The summed E-state index contributed by atoms with van der Waals surface area (Å²) in [6.07, 6.45) is 1.17. The minimum absolute atomic E-state index is 0. The van der Waals surface area contributed by atoms with Gasteiger partial charge in [0.25, 0.3) is 5.91 Å². The minimum Gasteiger partial charge on any atom is -0.496 e. The topological polar surface area (TPSA) is 75.6 Å². The van der Waals surface area contributed by atoms with E-state index < -0.39 is 11.9 Å². The molecule has 6 heteroatoms. The second-order valence-electron chi connectivity index (χ2n) is 6.11. The van der Waals surface area contributed by atoms with Crippen molar-refractivity contribution >= 4 is 23.5 Å². The zero-order valence-corrected chi connectivity index (χ0v) is 15.5. The number of halogens is 1. The maximum atomic E-state index is 12.3. The van der Waals surface area contributed by atoms with E-state index in [0.29, 0.717) is 35.7 Å². The molecule has 0 heterocycles. The van der Waals surface area contributed by atoms with Crippen molar-refractivity contribution in [3.05, 3.63) is 64.2 Å². The van der Waals surface area contributed by atoms with Crippen molar-refractivity contribution in [1.29, 1.82) is 0 Å². The molecule has 0 saturated carbocycles. The standard InChI is InChI=1S/C20H22ClNO4.CH4/c1-13(20(24)25)11-15-5-3-14(4-6-15)9-10-22-19(23)17-12-16(21)7-8-18(17)26-2;/h3-8,12-13H,9-11H2,1-2H3,(H,22,23)(H,24,25);1H4. The van der Waals surface area contributed by atoms with E-state index >= 15 is 0 Å². The van der Waals surface area contributed by atoms with Gasteiger partial charge < -0.3 is 15.2 Å². The summed E-state index contributed by atoms with van der Waals surface area (Å²) in [6, 6.07) is 12.7. The Morgan fingerprint density at radius 1 is 1.15 bits per heavy atom. The maximum absolute atomic E-state index is 12.3. The van der Waals surface area contributed by atoms with Gasteiger partial charge in [-0.2, -0.15) is 0 Å². The van der Waals surface area contributed by atoms with Crippen molar-refractivity contribution in [3.8, 4) is 5.75 Å². The molecule has 1 amide bonds. The van der Waals surface area contributed by atoms with E-state index in [0.717, 1.165) is 11.1 Å². The average molecular weight is 392 g/mol. The fourth-order valence-electron chi connectivity index (χ4n) is 2.56. The van der Waals surface area contributed by atoms with Crippen LogP contribution in [0, 0.1) is 5.92 Å². The molecule has 146 valence electrons. The number of amides is 1. The van der Waals surface area contributed by atoms with E-state index in [1.807, 2.05) is 24.3 Å². The number of carbonyl (C=O) groups excluding carboxylic acids is 1. The lowest BCUT2D eigenvalue weighted by Gasteiger charge is -2.10. The third-order valence-corrected chi connectivity index (χ3v) is 4.33. The SMILES string of the molecule is C.COc1ccc(Cl)cc1C(=O)NCCc1ccc(CC(C)C(=O)O)cc1. The number of nitrogens with one attached hydrogen (secondary N) is 1. The highest BCUT2D eigenvalue weighted by atomic mass is 35.5. The van der Waals surface area contributed by atoms with Crippen molar-refractivity contribution in [3.63, 3.8) is 0 Å². The molecule has 1 atom stereocenters. The van der Waals surface area contributed by atoms with Crippen molar-refractivity contribution in [2.45, 2.75) is 27.2 Å². The molecule has 0 aliphatic rings. The third kappa shape index (κ3) is 6.61. The van der Waals surface area contributed by atoms with Crippen LogP contribution in [0.5, 0.6) is 5.75 Å². The van der Waals surface area contributed by atoms with Gasteiger partial charge in [0.2, 0.25) is 0 Å². The molecule has 0 bridgehead atoms. The van der Waals surface area contributed by atoms with Crippen LogP contribution in [0.1, 0.15) is 35.8 Å². The van der Waals surface area contributed by atoms with Crippen LogP contribution in [0.2, 0.25) is 5.02 Å². The molecule has 2 aromatic rings. The van der Waals surface area contributed by atoms with Crippen LogP contribution in [0.15, 0.2) is 42.5 Å². The van der Waals surface area contributed by atoms with Gasteiger partial charge in [-0.1, -0.05) is 50.2 Å². The first-order chi connectivity index (χ1) is 12.4. The van der Waals surface area contributed by atoms with E-state index in [4.69, 9.17) is 21.4 Å². The Morgan fingerprint density at radius 3 is 2.37 bits per heavy atom. The number of rotatable bonds is 8. The summed E-state index contributed by atoms with van der Waals surface area (Å²) in [7, 11) is 1.51. The van der Waals surface area contributed by atoms with Crippen LogP contribution in [-0.4, -0.2) is 30.6 Å². The highest BCUT2D eigenvalue weighted by molar-refractivity contribution is 6.31. The normalized spacial score (nSPS) is 11.2. The molecule has 0 aromatic heterocycles. The quantitative estimate of drug-likeness (QED) is 0.706. The van der Waals surface area contributed by atoms with Gasteiger partial charge in [0, 0.05) is 11.6 Å². The van der Waals surface area contributed by atoms with Crippen molar-refractivity contribution in [2.75, 3.05) is 13.7 Å². The Hall–Kier alpha value is -2.53. The van der Waals surface area contributed by atoms with Gasteiger partial charge in [0.1, 0.15) is 5.75 Å². The van der Waals surface area contributed by atoms with Crippen LogP contribution in [0.3, 0.4) is 0 Å². The van der Waals surface area contributed by atoms with Crippen LogP contribution < -0.4 is 10.1 Å². The number of carboxylic acids is 1. The monoisotopic (exact) mass is 391 g/mol. The first kappa shape index (κ1) is 22.5. The molecule has 0 saturated heterocycles. The Balaban J connectivity index is 0.00000364. The molecule has 2 rings (SSSR count). The number of carboxylic acid groups (broad SMARTS) is 1.